The molecule has 2 amide bonds. The molecule has 0 spiro atoms. The number of ether oxygens (including phenoxy) is 2. The maximum atomic E-state index is 13.7. The first-order valence-electron chi connectivity index (χ1n) is 11.6. The van der Waals surface area contributed by atoms with Crippen LogP contribution in [0.15, 0.2) is 66.7 Å². The SMILES string of the molecule is CCOC(=O)/C=C/c1ccc2ccc(/C=C/C(=O)OCC)c3c2c1C(=O)N(Cc1ccccc1)C3=O. The lowest BCUT2D eigenvalue weighted by atomic mass is 9.87. The fourth-order valence-corrected chi connectivity index (χ4v) is 4.16. The van der Waals surface area contributed by atoms with E-state index in [0.717, 1.165) is 5.56 Å². The maximum absolute atomic E-state index is 13.7. The number of rotatable bonds is 8. The van der Waals surface area contributed by atoms with Crippen LogP contribution >= 0.6 is 0 Å². The molecule has 7 nitrogen and oxygen atoms in total. The van der Waals surface area contributed by atoms with Crippen LogP contribution in [0.5, 0.6) is 0 Å². The summed E-state index contributed by atoms with van der Waals surface area (Å²) in [6.45, 7) is 3.95. The van der Waals surface area contributed by atoms with Crippen LogP contribution in [0, 0.1) is 0 Å². The molecule has 0 radical (unpaired) electrons. The third kappa shape index (κ3) is 4.95. The van der Waals surface area contributed by atoms with Crippen molar-refractivity contribution < 1.29 is 28.7 Å². The Bertz CT molecular complexity index is 1320. The molecule has 7 heteroatoms. The van der Waals surface area contributed by atoms with Crippen molar-refractivity contribution in [2.45, 2.75) is 20.4 Å². The second kappa shape index (κ2) is 10.8. The lowest BCUT2D eigenvalue weighted by Crippen LogP contribution is -2.40. The zero-order chi connectivity index (χ0) is 25.7. The fourth-order valence-electron chi connectivity index (χ4n) is 4.16. The molecule has 0 fully saturated rings. The fraction of sp³-hybridized carbons (Fsp3) is 0.172. The van der Waals surface area contributed by atoms with Gasteiger partial charge in [0.25, 0.3) is 11.8 Å². The monoisotopic (exact) mass is 483 g/mol. The smallest absolute Gasteiger partial charge is 0.330 e. The van der Waals surface area contributed by atoms with Crippen LogP contribution in [0.4, 0.5) is 0 Å². The van der Waals surface area contributed by atoms with E-state index in [1.807, 2.05) is 30.3 Å². The van der Waals surface area contributed by atoms with Gasteiger partial charge in [0.15, 0.2) is 0 Å². The van der Waals surface area contributed by atoms with Crippen LogP contribution in [0.2, 0.25) is 0 Å². The second-order valence-electron chi connectivity index (χ2n) is 8.01. The van der Waals surface area contributed by atoms with E-state index in [-0.39, 0.29) is 19.8 Å². The van der Waals surface area contributed by atoms with Gasteiger partial charge in [-0.15, -0.1) is 0 Å². The summed E-state index contributed by atoms with van der Waals surface area (Å²) in [5.74, 6) is -1.98. The molecule has 3 aromatic carbocycles. The quantitative estimate of drug-likeness (QED) is 0.260. The zero-order valence-electron chi connectivity index (χ0n) is 20.0. The summed E-state index contributed by atoms with van der Waals surface area (Å²) in [5, 5.41) is 1.17. The van der Waals surface area contributed by atoms with Gasteiger partial charge in [0.1, 0.15) is 0 Å². The number of hydrogen-bond donors (Lipinski definition) is 0. The molecule has 3 aromatic rings. The highest BCUT2D eigenvalue weighted by Crippen LogP contribution is 2.36. The van der Waals surface area contributed by atoms with Gasteiger partial charge >= 0.3 is 11.9 Å². The molecule has 1 heterocycles. The topological polar surface area (TPSA) is 90.0 Å². The van der Waals surface area contributed by atoms with Crippen LogP contribution in [0.3, 0.4) is 0 Å². The van der Waals surface area contributed by atoms with Gasteiger partial charge in [-0.05, 0) is 48.1 Å². The van der Waals surface area contributed by atoms with Gasteiger partial charge in [0.2, 0.25) is 0 Å². The molecule has 0 N–H and O–H groups in total. The van der Waals surface area contributed by atoms with Crippen molar-refractivity contribution in [2.75, 3.05) is 13.2 Å². The minimum atomic E-state index is -0.531. The zero-order valence-corrected chi connectivity index (χ0v) is 20.0. The highest BCUT2D eigenvalue weighted by molar-refractivity contribution is 6.28. The number of esters is 2. The molecule has 0 atom stereocenters. The second-order valence-corrected chi connectivity index (χ2v) is 8.01. The highest BCUT2D eigenvalue weighted by atomic mass is 16.5. The van der Waals surface area contributed by atoms with E-state index in [9.17, 15) is 19.2 Å². The third-order valence-electron chi connectivity index (χ3n) is 5.72. The van der Waals surface area contributed by atoms with Gasteiger partial charge in [-0.2, -0.15) is 0 Å². The summed E-state index contributed by atoms with van der Waals surface area (Å²) in [7, 11) is 0. The van der Waals surface area contributed by atoms with Crippen molar-refractivity contribution >= 4 is 46.7 Å². The Morgan fingerprint density at radius 1 is 0.750 bits per heavy atom. The standard InChI is InChI=1S/C29H25NO6/c1-3-35-23(31)16-14-21-12-10-20-11-13-22(15-17-24(32)36-4-2)27-25(20)26(21)28(33)30(29(27)34)18-19-8-6-5-7-9-19/h5-17H,3-4,18H2,1-2H3/b16-14+,17-15+. The largest absolute Gasteiger partial charge is 0.463 e. The van der Waals surface area contributed by atoms with Gasteiger partial charge in [-0.3, -0.25) is 14.5 Å². The predicted molar refractivity (Wildman–Crippen MR) is 136 cm³/mol. The van der Waals surface area contributed by atoms with E-state index in [1.165, 1.54) is 29.2 Å². The summed E-state index contributed by atoms with van der Waals surface area (Å²) in [6.07, 6.45) is 5.56. The number of imide groups is 1. The average molecular weight is 484 g/mol. The summed E-state index contributed by atoms with van der Waals surface area (Å²) in [5.41, 5.74) is 2.38. The lowest BCUT2D eigenvalue weighted by molar-refractivity contribution is -0.138. The van der Waals surface area contributed by atoms with Crippen molar-refractivity contribution in [3.63, 3.8) is 0 Å². The van der Waals surface area contributed by atoms with Gasteiger partial charge < -0.3 is 9.47 Å². The molecule has 36 heavy (non-hydrogen) atoms. The average Bonchev–Trinajstić information content (AvgIpc) is 2.88. The molecule has 0 saturated heterocycles. The van der Waals surface area contributed by atoms with Crippen molar-refractivity contribution in [1.82, 2.24) is 4.90 Å². The number of carbonyl (C=O) groups excluding carboxylic acids is 4. The van der Waals surface area contributed by atoms with Crippen LogP contribution in [-0.2, 0) is 25.6 Å². The van der Waals surface area contributed by atoms with E-state index < -0.39 is 23.8 Å². The number of hydrogen-bond acceptors (Lipinski definition) is 6. The first-order chi connectivity index (χ1) is 17.4. The molecule has 1 aliphatic rings. The van der Waals surface area contributed by atoms with Crippen LogP contribution in [0.1, 0.15) is 51.3 Å². The molecule has 4 rings (SSSR count). The van der Waals surface area contributed by atoms with Crippen LogP contribution < -0.4 is 0 Å². The number of carbonyl (C=O) groups is 4. The highest BCUT2D eigenvalue weighted by Gasteiger charge is 2.35. The predicted octanol–water partition coefficient (Wildman–Crippen LogP) is 4.79. The molecule has 182 valence electrons. The van der Waals surface area contributed by atoms with Crippen molar-refractivity contribution in [2.24, 2.45) is 0 Å². The van der Waals surface area contributed by atoms with Crippen molar-refractivity contribution in [3.8, 4) is 0 Å². The third-order valence-corrected chi connectivity index (χ3v) is 5.72. The Morgan fingerprint density at radius 2 is 1.25 bits per heavy atom. The number of benzene rings is 3. The lowest BCUT2D eigenvalue weighted by Gasteiger charge is -2.29. The van der Waals surface area contributed by atoms with Gasteiger partial charge in [-0.1, -0.05) is 54.6 Å². The summed E-state index contributed by atoms with van der Waals surface area (Å²) >= 11 is 0. The van der Waals surface area contributed by atoms with Crippen molar-refractivity contribution in [3.05, 3.63) is 94.6 Å². The Labute approximate surface area is 208 Å². The minimum Gasteiger partial charge on any atom is -0.463 e. The Hall–Kier alpha value is -4.52. The Kier molecular flexibility index (Phi) is 7.39. The molecule has 0 aromatic heterocycles. The molecule has 0 saturated carbocycles. The molecule has 0 unspecified atom stereocenters. The summed E-state index contributed by atoms with van der Waals surface area (Å²) in [4.78, 5) is 52.5. The summed E-state index contributed by atoms with van der Waals surface area (Å²) in [6, 6.07) is 16.3. The molecule has 0 aliphatic carbocycles. The van der Waals surface area contributed by atoms with E-state index >= 15 is 0 Å². The Balaban J connectivity index is 1.90. The van der Waals surface area contributed by atoms with Crippen molar-refractivity contribution in [1.29, 1.82) is 0 Å². The number of amides is 2. The van der Waals surface area contributed by atoms with Gasteiger partial charge in [0.05, 0.1) is 30.9 Å². The van der Waals surface area contributed by atoms with E-state index in [4.69, 9.17) is 9.47 Å². The van der Waals surface area contributed by atoms with Crippen LogP contribution in [-0.4, -0.2) is 41.9 Å². The van der Waals surface area contributed by atoms with Gasteiger partial charge in [-0.25, -0.2) is 9.59 Å². The van der Waals surface area contributed by atoms with Crippen LogP contribution in [0.25, 0.3) is 22.9 Å². The van der Waals surface area contributed by atoms with E-state index in [1.54, 1.807) is 38.1 Å². The van der Waals surface area contributed by atoms with E-state index in [0.29, 0.717) is 33.0 Å². The molecule has 0 bridgehead atoms. The van der Waals surface area contributed by atoms with Gasteiger partial charge in [0, 0.05) is 17.5 Å². The normalized spacial score (nSPS) is 13.1. The van der Waals surface area contributed by atoms with E-state index in [2.05, 4.69) is 0 Å². The summed E-state index contributed by atoms with van der Waals surface area (Å²) < 4.78 is 9.94. The molecule has 1 aliphatic heterocycles. The molecular formula is C29H25NO6. The maximum Gasteiger partial charge on any atom is 0.330 e. The number of nitrogens with zero attached hydrogens (tertiary/aromatic N) is 1. The minimum absolute atomic E-state index is 0.0747. The first kappa shape index (κ1) is 24.6. The first-order valence-corrected chi connectivity index (χ1v) is 11.6. The molecular weight excluding hydrogens is 458 g/mol. The Morgan fingerprint density at radius 3 is 1.72 bits per heavy atom.